The van der Waals surface area contributed by atoms with Crippen molar-refractivity contribution in [2.45, 2.75) is 44.8 Å². The summed E-state index contributed by atoms with van der Waals surface area (Å²) in [5.74, 6) is -2.16. The molecular weight excluding hydrogens is 298 g/mol. The van der Waals surface area contributed by atoms with Crippen molar-refractivity contribution in [3.63, 3.8) is 0 Å². The molecule has 6 heteroatoms. The van der Waals surface area contributed by atoms with Crippen LogP contribution in [0.5, 0.6) is 0 Å². The second-order valence-corrected chi connectivity index (χ2v) is 5.68. The molecule has 2 heterocycles. The average Bonchev–Trinajstić information content (AvgIpc) is 2.88. The fourth-order valence-electron chi connectivity index (χ4n) is 3.02. The molecule has 0 N–H and O–H groups in total. The number of nitrogens with zero attached hydrogens (tertiary/aromatic N) is 1. The number of amides is 1. The van der Waals surface area contributed by atoms with Crippen molar-refractivity contribution >= 4 is 11.9 Å². The van der Waals surface area contributed by atoms with Crippen molar-refractivity contribution in [1.82, 2.24) is 4.90 Å². The van der Waals surface area contributed by atoms with Gasteiger partial charge >= 0.3 is 5.97 Å². The number of fused-ring (bicyclic) bond motifs is 1. The van der Waals surface area contributed by atoms with Crippen LogP contribution in [0.2, 0.25) is 0 Å². The number of carbonyl (C=O) groups excluding carboxylic acids is 2. The van der Waals surface area contributed by atoms with Crippen molar-refractivity contribution in [1.29, 1.82) is 0 Å². The lowest BCUT2D eigenvalue weighted by molar-refractivity contribution is -0.301. The van der Waals surface area contributed by atoms with Crippen molar-refractivity contribution in [2.24, 2.45) is 0 Å². The molecule has 0 spiro atoms. The van der Waals surface area contributed by atoms with Crippen LogP contribution in [0.1, 0.15) is 31.7 Å². The molecule has 23 heavy (non-hydrogen) atoms. The molecule has 2 saturated heterocycles. The summed E-state index contributed by atoms with van der Waals surface area (Å²) >= 11 is 0. The van der Waals surface area contributed by atoms with Crippen LogP contribution in [0.25, 0.3) is 0 Å². The normalized spacial score (nSPS) is 26.9. The molecule has 0 radical (unpaired) electrons. The topological polar surface area (TPSA) is 65.1 Å². The number of esters is 1. The molecule has 0 bridgehead atoms. The van der Waals surface area contributed by atoms with Crippen LogP contribution < -0.4 is 0 Å². The van der Waals surface area contributed by atoms with Gasteiger partial charge in [0.1, 0.15) is 0 Å². The van der Waals surface area contributed by atoms with Crippen LogP contribution in [-0.4, -0.2) is 41.9 Å². The quantitative estimate of drug-likeness (QED) is 0.612. The maximum atomic E-state index is 12.5. The average molecular weight is 319 g/mol. The lowest BCUT2D eigenvalue weighted by atomic mass is 10.1. The lowest BCUT2D eigenvalue weighted by Crippen LogP contribution is -2.51. The lowest BCUT2D eigenvalue weighted by Gasteiger charge is -2.39. The zero-order chi connectivity index (χ0) is 16.3. The molecule has 6 nitrogen and oxygen atoms in total. The van der Waals surface area contributed by atoms with Crippen LogP contribution in [0, 0.1) is 0 Å². The van der Waals surface area contributed by atoms with E-state index in [1.165, 1.54) is 0 Å². The Labute approximate surface area is 135 Å². The van der Waals surface area contributed by atoms with E-state index in [0.717, 1.165) is 18.4 Å². The largest absolute Gasteiger partial charge is 0.464 e. The minimum atomic E-state index is -1.22. The summed E-state index contributed by atoms with van der Waals surface area (Å²) in [6, 6.07) is 9.68. The van der Waals surface area contributed by atoms with Crippen LogP contribution in [0.4, 0.5) is 0 Å². The Morgan fingerprint density at radius 3 is 2.87 bits per heavy atom. The third-order valence-corrected chi connectivity index (χ3v) is 4.14. The van der Waals surface area contributed by atoms with E-state index in [0.29, 0.717) is 19.6 Å². The summed E-state index contributed by atoms with van der Waals surface area (Å²) in [5, 5.41) is 0. The summed E-state index contributed by atoms with van der Waals surface area (Å²) in [6.45, 7) is 2.76. The number of hydrogen-bond acceptors (Lipinski definition) is 5. The van der Waals surface area contributed by atoms with E-state index in [1.807, 2.05) is 30.3 Å². The van der Waals surface area contributed by atoms with Gasteiger partial charge in [-0.1, -0.05) is 30.3 Å². The van der Waals surface area contributed by atoms with E-state index in [2.05, 4.69) is 0 Å². The van der Waals surface area contributed by atoms with Gasteiger partial charge in [0, 0.05) is 13.0 Å². The van der Waals surface area contributed by atoms with Gasteiger partial charge in [0.2, 0.25) is 6.10 Å². The van der Waals surface area contributed by atoms with Gasteiger partial charge < -0.3 is 14.2 Å². The molecule has 124 valence electrons. The Kier molecular flexibility index (Phi) is 4.63. The molecule has 1 aromatic carbocycles. The Morgan fingerprint density at radius 1 is 1.35 bits per heavy atom. The minimum absolute atomic E-state index is 0.212. The molecule has 2 aliphatic rings. The van der Waals surface area contributed by atoms with Crippen molar-refractivity contribution in [3.05, 3.63) is 35.9 Å². The SMILES string of the molecule is CCOC(=O)C1OC2(OCc3ccccc3)CCCCN2C1=O. The second-order valence-electron chi connectivity index (χ2n) is 5.68. The van der Waals surface area contributed by atoms with Crippen molar-refractivity contribution in [3.8, 4) is 0 Å². The Balaban J connectivity index is 1.77. The van der Waals surface area contributed by atoms with Crippen molar-refractivity contribution in [2.75, 3.05) is 13.2 Å². The molecule has 0 aliphatic carbocycles. The summed E-state index contributed by atoms with van der Waals surface area (Å²) in [6.07, 6.45) is 1.10. The fraction of sp³-hybridized carbons (Fsp3) is 0.529. The van der Waals surface area contributed by atoms with Gasteiger partial charge in [0.05, 0.1) is 13.2 Å². The van der Waals surface area contributed by atoms with Gasteiger partial charge in [-0.2, -0.15) is 0 Å². The minimum Gasteiger partial charge on any atom is -0.464 e. The van der Waals surface area contributed by atoms with E-state index in [-0.39, 0.29) is 12.5 Å². The highest BCUT2D eigenvalue weighted by Crippen LogP contribution is 2.38. The van der Waals surface area contributed by atoms with Crippen molar-refractivity contribution < 1.29 is 23.8 Å². The molecule has 0 aromatic heterocycles. The van der Waals surface area contributed by atoms with Gasteiger partial charge in [-0.25, -0.2) is 4.79 Å². The van der Waals surface area contributed by atoms with E-state index in [9.17, 15) is 9.59 Å². The Bertz CT molecular complexity index is 576. The van der Waals surface area contributed by atoms with Gasteiger partial charge in [-0.3, -0.25) is 9.69 Å². The first-order valence-corrected chi connectivity index (χ1v) is 8.00. The third kappa shape index (κ3) is 3.09. The first-order valence-electron chi connectivity index (χ1n) is 8.00. The summed E-state index contributed by atoms with van der Waals surface area (Å²) in [7, 11) is 0. The molecule has 2 atom stereocenters. The van der Waals surface area contributed by atoms with E-state index in [1.54, 1.807) is 11.8 Å². The van der Waals surface area contributed by atoms with E-state index < -0.39 is 18.0 Å². The standard InChI is InChI=1S/C17H21NO5/c1-2-21-16(20)14-15(19)18-11-7-6-10-17(18,23-14)22-12-13-8-4-3-5-9-13/h3-5,8-9,14H,2,6-7,10-12H2,1H3. The molecule has 3 rings (SSSR count). The van der Waals surface area contributed by atoms with Gasteiger partial charge in [0.25, 0.3) is 11.8 Å². The third-order valence-electron chi connectivity index (χ3n) is 4.14. The molecule has 1 aromatic rings. The van der Waals surface area contributed by atoms with Gasteiger partial charge in [0.15, 0.2) is 0 Å². The van der Waals surface area contributed by atoms with Gasteiger partial charge in [-0.15, -0.1) is 0 Å². The second kappa shape index (κ2) is 6.68. The highest BCUT2D eigenvalue weighted by molar-refractivity contribution is 6.02. The molecule has 2 fully saturated rings. The highest BCUT2D eigenvalue weighted by Gasteiger charge is 2.57. The summed E-state index contributed by atoms with van der Waals surface area (Å²) < 4.78 is 16.7. The number of benzene rings is 1. The molecule has 1 amide bonds. The number of hydrogen-bond donors (Lipinski definition) is 0. The summed E-state index contributed by atoms with van der Waals surface area (Å²) in [4.78, 5) is 26.0. The zero-order valence-electron chi connectivity index (χ0n) is 13.2. The predicted molar refractivity (Wildman–Crippen MR) is 81.0 cm³/mol. The van der Waals surface area contributed by atoms with Crippen LogP contribution in [0.15, 0.2) is 30.3 Å². The van der Waals surface area contributed by atoms with Crippen LogP contribution >= 0.6 is 0 Å². The number of ether oxygens (including phenoxy) is 3. The Morgan fingerprint density at radius 2 is 2.13 bits per heavy atom. The maximum absolute atomic E-state index is 12.5. The highest BCUT2D eigenvalue weighted by atomic mass is 16.7. The summed E-state index contributed by atoms with van der Waals surface area (Å²) in [5.41, 5.74) is 0.989. The monoisotopic (exact) mass is 319 g/mol. The fourth-order valence-corrected chi connectivity index (χ4v) is 3.02. The number of rotatable bonds is 5. The zero-order valence-corrected chi connectivity index (χ0v) is 13.2. The number of carbonyl (C=O) groups is 2. The molecular formula is C17H21NO5. The first-order chi connectivity index (χ1) is 11.2. The van der Waals surface area contributed by atoms with Gasteiger partial charge in [-0.05, 0) is 25.3 Å². The van der Waals surface area contributed by atoms with E-state index >= 15 is 0 Å². The number of piperidine rings is 1. The van der Waals surface area contributed by atoms with E-state index in [4.69, 9.17) is 14.2 Å². The van der Waals surface area contributed by atoms with Crippen LogP contribution in [0.3, 0.4) is 0 Å². The predicted octanol–water partition coefficient (Wildman–Crippen LogP) is 1.83. The molecule has 2 unspecified atom stereocenters. The molecule has 0 saturated carbocycles. The smallest absolute Gasteiger partial charge is 0.345 e. The maximum Gasteiger partial charge on any atom is 0.345 e. The first kappa shape index (κ1) is 16.0. The van der Waals surface area contributed by atoms with Crippen LogP contribution in [-0.2, 0) is 30.4 Å². The molecule has 2 aliphatic heterocycles. The Hall–Kier alpha value is -1.92.